The van der Waals surface area contributed by atoms with E-state index >= 15 is 0 Å². The van der Waals surface area contributed by atoms with Crippen molar-refractivity contribution in [3.8, 4) is 0 Å². The van der Waals surface area contributed by atoms with Crippen molar-refractivity contribution in [1.82, 2.24) is 9.88 Å². The number of carbonyl (C=O) groups excluding carboxylic acids is 1. The van der Waals surface area contributed by atoms with Crippen LogP contribution >= 0.6 is 0 Å². The summed E-state index contributed by atoms with van der Waals surface area (Å²) >= 11 is 0. The van der Waals surface area contributed by atoms with Crippen LogP contribution in [0.5, 0.6) is 0 Å². The summed E-state index contributed by atoms with van der Waals surface area (Å²) in [7, 11) is 0. The molecule has 0 saturated heterocycles. The van der Waals surface area contributed by atoms with Gasteiger partial charge >= 0.3 is 0 Å². The zero-order chi connectivity index (χ0) is 13.6. The molecule has 0 aromatic carbocycles. The molecule has 0 unspecified atom stereocenters. The zero-order valence-electron chi connectivity index (χ0n) is 11.3. The van der Waals surface area contributed by atoms with E-state index in [1.807, 2.05) is 30.5 Å². The summed E-state index contributed by atoms with van der Waals surface area (Å²) < 4.78 is 7.59. The number of aromatic nitrogens is 1. The highest BCUT2D eigenvalue weighted by Gasteiger charge is 2.26. The van der Waals surface area contributed by atoms with E-state index in [-0.39, 0.29) is 5.91 Å². The van der Waals surface area contributed by atoms with Crippen molar-refractivity contribution in [2.24, 2.45) is 0 Å². The van der Waals surface area contributed by atoms with Crippen LogP contribution < -0.4 is 5.32 Å². The van der Waals surface area contributed by atoms with Gasteiger partial charge in [0.05, 0.1) is 5.52 Å². The smallest absolute Gasteiger partial charge is 0.268 e. The lowest BCUT2D eigenvalue weighted by atomic mass is 10.3. The fourth-order valence-electron chi connectivity index (χ4n) is 2.28. The summed E-state index contributed by atoms with van der Waals surface area (Å²) in [6.45, 7) is 8.44. The summed E-state index contributed by atoms with van der Waals surface area (Å²) in [6, 6.07) is 4.14. The Bertz CT molecular complexity index is 659. The molecule has 4 heteroatoms. The Balaban J connectivity index is 2.02. The van der Waals surface area contributed by atoms with Crippen LogP contribution in [0, 0.1) is 6.92 Å². The quantitative estimate of drug-likeness (QED) is 0.857. The van der Waals surface area contributed by atoms with Crippen LogP contribution in [-0.4, -0.2) is 16.5 Å². The van der Waals surface area contributed by atoms with Gasteiger partial charge in [0, 0.05) is 24.7 Å². The molecule has 1 aliphatic carbocycles. The van der Waals surface area contributed by atoms with Crippen molar-refractivity contribution in [2.75, 3.05) is 0 Å². The molecule has 2 aromatic rings. The van der Waals surface area contributed by atoms with Crippen molar-refractivity contribution < 1.29 is 9.21 Å². The summed E-state index contributed by atoms with van der Waals surface area (Å²) in [6.07, 6.45) is 2.17. The van der Waals surface area contributed by atoms with Gasteiger partial charge in [-0.15, -0.1) is 0 Å². The third-order valence-electron chi connectivity index (χ3n) is 3.29. The van der Waals surface area contributed by atoms with Crippen molar-refractivity contribution in [1.29, 1.82) is 0 Å². The van der Waals surface area contributed by atoms with Gasteiger partial charge in [-0.05, 0) is 26.7 Å². The summed E-state index contributed by atoms with van der Waals surface area (Å²) in [5.74, 6) is 0.836. The summed E-state index contributed by atoms with van der Waals surface area (Å²) in [4.78, 5) is 12.2. The van der Waals surface area contributed by atoms with Gasteiger partial charge in [0.1, 0.15) is 11.5 Å². The standard InChI is InChI=1S/C15H18N2O2/c1-9(2)8-17-12-6-10(3)19-14(12)7-13(17)15(18)16-11-4-5-11/h6-7,11H,1,4-5,8H2,2-3H3,(H,16,18). The number of furan rings is 1. The maximum atomic E-state index is 12.2. The molecule has 1 saturated carbocycles. The Morgan fingerprint density at radius 2 is 2.26 bits per heavy atom. The van der Waals surface area contributed by atoms with Crippen LogP contribution in [0.15, 0.2) is 28.7 Å². The Kier molecular flexibility index (Phi) is 2.73. The number of carbonyl (C=O) groups is 1. The Labute approximate surface area is 112 Å². The molecule has 0 radical (unpaired) electrons. The second kappa shape index (κ2) is 4.30. The summed E-state index contributed by atoms with van der Waals surface area (Å²) in [5.41, 5.74) is 3.39. The van der Waals surface area contributed by atoms with E-state index in [0.29, 0.717) is 18.3 Å². The van der Waals surface area contributed by atoms with Gasteiger partial charge in [0.15, 0.2) is 5.58 Å². The Hall–Kier alpha value is -1.97. The molecule has 0 aliphatic heterocycles. The maximum Gasteiger partial charge on any atom is 0.268 e. The lowest BCUT2D eigenvalue weighted by Gasteiger charge is -2.09. The second-order valence-electron chi connectivity index (χ2n) is 5.43. The first kappa shape index (κ1) is 12.1. The number of allylic oxidation sites excluding steroid dienone is 1. The number of hydrogen-bond donors (Lipinski definition) is 1. The van der Waals surface area contributed by atoms with Gasteiger partial charge in [-0.25, -0.2) is 0 Å². The van der Waals surface area contributed by atoms with E-state index in [1.165, 1.54) is 0 Å². The predicted molar refractivity (Wildman–Crippen MR) is 74.2 cm³/mol. The van der Waals surface area contributed by atoms with Gasteiger partial charge in [0.2, 0.25) is 0 Å². The van der Waals surface area contributed by atoms with Crippen molar-refractivity contribution in [3.63, 3.8) is 0 Å². The van der Waals surface area contributed by atoms with Gasteiger partial charge in [-0.2, -0.15) is 0 Å². The average molecular weight is 258 g/mol. The molecule has 2 aromatic heterocycles. The second-order valence-corrected chi connectivity index (χ2v) is 5.43. The molecule has 0 atom stereocenters. The van der Waals surface area contributed by atoms with Gasteiger partial charge in [-0.1, -0.05) is 12.2 Å². The molecule has 4 nitrogen and oxygen atoms in total. The number of amides is 1. The van der Waals surface area contributed by atoms with E-state index in [0.717, 1.165) is 35.3 Å². The topological polar surface area (TPSA) is 47.2 Å². The molecule has 1 N–H and O–H groups in total. The lowest BCUT2D eigenvalue weighted by Crippen LogP contribution is -2.27. The van der Waals surface area contributed by atoms with Crippen LogP contribution in [0.2, 0.25) is 0 Å². The molecule has 1 aliphatic rings. The highest BCUT2D eigenvalue weighted by Crippen LogP contribution is 2.26. The molecule has 100 valence electrons. The normalized spacial score (nSPS) is 14.8. The highest BCUT2D eigenvalue weighted by molar-refractivity contribution is 5.98. The predicted octanol–water partition coefficient (Wildman–Crippen LogP) is 3.01. The molecule has 2 heterocycles. The third kappa shape index (κ3) is 2.30. The first-order valence-electron chi connectivity index (χ1n) is 6.59. The highest BCUT2D eigenvalue weighted by atomic mass is 16.3. The van der Waals surface area contributed by atoms with Crippen molar-refractivity contribution in [2.45, 2.75) is 39.3 Å². The largest absolute Gasteiger partial charge is 0.460 e. The van der Waals surface area contributed by atoms with Crippen LogP contribution in [-0.2, 0) is 6.54 Å². The van der Waals surface area contributed by atoms with Crippen molar-refractivity contribution >= 4 is 17.0 Å². The SMILES string of the molecule is C=C(C)Cn1c(C(=O)NC2CC2)cc2oc(C)cc21. The van der Waals surface area contributed by atoms with Gasteiger partial charge in [-0.3, -0.25) is 4.79 Å². The first-order valence-corrected chi connectivity index (χ1v) is 6.59. The average Bonchev–Trinajstić information content (AvgIpc) is 2.96. The zero-order valence-corrected chi connectivity index (χ0v) is 11.3. The molecule has 1 fully saturated rings. The van der Waals surface area contributed by atoms with Gasteiger partial charge in [0.25, 0.3) is 5.91 Å². The molecule has 0 spiro atoms. The lowest BCUT2D eigenvalue weighted by molar-refractivity contribution is 0.0942. The number of rotatable bonds is 4. The van der Waals surface area contributed by atoms with E-state index in [9.17, 15) is 4.79 Å². The number of nitrogens with one attached hydrogen (secondary N) is 1. The molecular weight excluding hydrogens is 240 g/mol. The van der Waals surface area contributed by atoms with Crippen LogP contribution in [0.3, 0.4) is 0 Å². The number of nitrogens with zero attached hydrogens (tertiary/aromatic N) is 1. The molecule has 1 amide bonds. The number of hydrogen-bond acceptors (Lipinski definition) is 2. The minimum absolute atomic E-state index is 0.0206. The third-order valence-corrected chi connectivity index (χ3v) is 3.29. The fraction of sp³-hybridized carbons (Fsp3) is 0.400. The fourth-order valence-corrected chi connectivity index (χ4v) is 2.28. The molecule has 3 rings (SSSR count). The minimum Gasteiger partial charge on any atom is -0.460 e. The van der Waals surface area contributed by atoms with Crippen LogP contribution in [0.1, 0.15) is 36.0 Å². The van der Waals surface area contributed by atoms with Crippen molar-refractivity contribution in [3.05, 3.63) is 35.7 Å². The van der Waals surface area contributed by atoms with Crippen LogP contribution in [0.4, 0.5) is 0 Å². The van der Waals surface area contributed by atoms with E-state index < -0.39 is 0 Å². The monoisotopic (exact) mass is 258 g/mol. The van der Waals surface area contributed by atoms with E-state index in [1.54, 1.807) is 0 Å². The van der Waals surface area contributed by atoms with E-state index in [4.69, 9.17) is 4.42 Å². The number of aryl methyl sites for hydroxylation is 1. The van der Waals surface area contributed by atoms with Gasteiger partial charge < -0.3 is 14.3 Å². The number of fused-ring (bicyclic) bond motifs is 1. The van der Waals surface area contributed by atoms with E-state index in [2.05, 4.69) is 11.9 Å². The van der Waals surface area contributed by atoms with Crippen LogP contribution in [0.25, 0.3) is 11.1 Å². The first-order chi connectivity index (χ1) is 9.04. The molecule has 0 bridgehead atoms. The maximum absolute atomic E-state index is 12.2. The summed E-state index contributed by atoms with van der Waals surface area (Å²) in [5, 5.41) is 3.02. The Morgan fingerprint density at radius 3 is 2.89 bits per heavy atom. The molecular formula is C15H18N2O2. The Morgan fingerprint density at radius 1 is 1.53 bits per heavy atom. The molecule has 19 heavy (non-hydrogen) atoms. The minimum atomic E-state index is -0.0206.